The number of imidazole rings is 1. The molecule has 0 saturated carbocycles. The van der Waals surface area contributed by atoms with Gasteiger partial charge in [-0.1, -0.05) is 0 Å². The van der Waals surface area contributed by atoms with Crippen LogP contribution in [0.15, 0.2) is 16.7 Å². The number of ether oxygens (including phenoxy) is 1. The molecule has 15 heavy (non-hydrogen) atoms. The number of anilines is 1. The molecule has 2 rings (SSSR count). The monoisotopic (exact) mass is 270 g/mol. The van der Waals surface area contributed by atoms with E-state index in [9.17, 15) is 0 Å². The van der Waals surface area contributed by atoms with Crippen molar-refractivity contribution in [1.82, 2.24) is 14.5 Å². The second-order valence-electron chi connectivity index (χ2n) is 3.11. The van der Waals surface area contributed by atoms with Crippen molar-refractivity contribution in [2.45, 2.75) is 6.54 Å². The first-order valence-electron chi connectivity index (χ1n) is 4.48. The van der Waals surface area contributed by atoms with Gasteiger partial charge in [-0.15, -0.1) is 0 Å². The van der Waals surface area contributed by atoms with Gasteiger partial charge in [-0.25, -0.2) is 9.97 Å². The predicted molar refractivity (Wildman–Crippen MR) is 61.5 cm³/mol. The third-order valence-corrected chi connectivity index (χ3v) is 2.53. The quantitative estimate of drug-likeness (QED) is 0.916. The van der Waals surface area contributed by atoms with Crippen LogP contribution in [-0.4, -0.2) is 28.3 Å². The van der Waals surface area contributed by atoms with Crippen LogP contribution in [0.4, 0.5) is 5.95 Å². The Balaban J connectivity index is 2.48. The zero-order valence-electron chi connectivity index (χ0n) is 8.27. The Morgan fingerprint density at radius 3 is 3.13 bits per heavy atom. The fourth-order valence-corrected chi connectivity index (χ4v) is 1.73. The number of nitrogen functional groups attached to an aromatic ring is 1. The van der Waals surface area contributed by atoms with Crippen LogP contribution in [0, 0.1) is 0 Å². The van der Waals surface area contributed by atoms with Crippen molar-refractivity contribution in [2.24, 2.45) is 0 Å². The van der Waals surface area contributed by atoms with Crippen LogP contribution in [-0.2, 0) is 11.3 Å². The minimum Gasteiger partial charge on any atom is -0.383 e. The summed E-state index contributed by atoms with van der Waals surface area (Å²) in [6.07, 6.45) is 1.73. The van der Waals surface area contributed by atoms with Crippen molar-refractivity contribution in [3.63, 3.8) is 0 Å². The molecule has 0 spiro atoms. The number of pyridine rings is 1. The summed E-state index contributed by atoms with van der Waals surface area (Å²) in [7, 11) is 1.65. The van der Waals surface area contributed by atoms with E-state index in [1.807, 2.05) is 10.6 Å². The normalized spacial score (nSPS) is 11.1. The third-order valence-electron chi connectivity index (χ3n) is 2.10. The molecule has 0 unspecified atom stereocenters. The van der Waals surface area contributed by atoms with E-state index < -0.39 is 0 Å². The largest absolute Gasteiger partial charge is 0.383 e. The number of halogens is 1. The zero-order valence-corrected chi connectivity index (χ0v) is 9.86. The van der Waals surface area contributed by atoms with Gasteiger partial charge in [0.1, 0.15) is 5.52 Å². The van der Waals surface area contributed by atoms with Crippen molar-refractivity contribution in [1.29, 1.82) is 0 Å². The maximum absolute atomic E-state index is 5.79. The first-order valence-corrected chi connectivity index (χ1v) is 5.28. The molecule has 0 amide bonds. The lowest BCUT2D eigenvalue weighted by Gasteiger charge is -2.03. The molecule has 0 aliphatic heterocycles. The molecule has 5 nitrogen and oxygen atoms in total. The summed E-state index contributed by atoms with van der Waals surface area (Å²) < 4.78 is 7.73. The molecule has 2 heterocycles. The summed E-state index contributed by atoms with van der Waals surface area (Å²) in [5.74, 6) is 0.465. The van der Waals surface area contributed by atoms with Crippen LogP contribution in [0.25, 0.3) is 11.2 Å². The highest BCUT2D eigenvalue weighted by atomic mass is 79.9. The summed E-state index contributed by atoms with van der Waals surface area (Å²) in [6.45, 7) is 1.25. The minimum absolute atomic E-state index is 0.465. The average Bonchev–Trinajstić information content (AvgIpc) is 2.50. The van der Waals surface area contributed by atoms with Crippen molar-refractivity contribution in [2.75, 3.05) is 19.5 Å². The number of hydrogen-bond donors (Lipinski definition) is 1. The van der Waals surface area contributed by atoms with Crippen molar-refractivity contribution < 1.29 is 4.74 Å². The van der Waals surface area contributed by atoms with Gasteiger partial charge in [0.15, 0.2) is 5.65 Å². The number of hydrogen-bond acceptors (Lipinski definition) is 4. The minimum atomic E-state index is 0.465. The van der Waals surface area contributed by atoms with E-state index in [1.165, 1.54) is 0 Å². The number of rotatable bonds is 3. The van der Waals surface area contributed by atoms with Crippen molar-refractivity contribution >= 4 is 33.0 Å². The fourth-order valence-electron chi connectivity index (χ4n) is 1.41. The molecule has 0 saturated heterocycles. The maximum Gasteiger partial charge on any atom is 0.202 e. The standard InChI is InChI=1S/C9H11BrN4O/c1-15-3-2-14-8-7(13-9(14)11)4-6(10)5-12-8/h4-5H,2-3H2,1H3,(H2,11,13). The molecule has 0 fully saturated rings. The van der Waals surface area contributed by atoms with Gasteiger partial charge >= 0.3 is 0 Å². The Morgan fingerprint density at radius 1 is 1.60 bits per heavy atom. The second kappa shape index (κ2) is 4.16. The van der Waals surface area contributed by atoms with E-state index >= 15 is 0 Å². The lowest BCUT2D eigenvalue weighted by Crippen LogP contribution is -2.08. The van der Waals surface area contributed by atoms with Gasteiger partial charge in [0.05, 0.1) is 13.2 Å². The lowest BCUT2D eigenvalue weighted by atomic mass is 10.4. The molecule has 0 radical (unpaired) electrons. The topological polar surface area (TPSA) is 66.0 Å². The van der Waals surface area contributed by atoms with E-state index in [0.717, 1.165) is 15.6 Å². The number of fused-ring (bicyclic) bond motifs is 1. The van der Waals surface area contributed by atoms with Crippen LogP contribution in [0.1, 0.15) is 0 Å². The zero-order chi connectivity index (χ0) is 10.8. The van der Waals surface area contributed by atoms with E-state index in [2.05, 4.69) is 25.9 Å². The van der Waals surface area contributed by atoms with Gasteiger partial charge in [0.2, 0.25) is 5.95 Å². The molecule has 0 aliphatic rings. The molecule has 2 aromatic rings. The van der Waals surface area contributed by atoms with Gasteiger partial charge in [0, 0.05) is 17.8 Å². The number of nitrogens with two attached hydrogens (primary N) is 1. The van der Waals surface area contributed by atoms with Crippen LogP contribution in [0.2, 0.25) is 0 Å². The summed E-state index contributed by atoms with van der Waals surface area (Å²) in [5.41, 5.74) is 7.36. The van der Waals surface area contributed by atoms with Gasteiger partial charge in [0.25, 0.3) is 0 Å². The molecule has 2 aromatic heterocycles. The van der Waals surface area contributed by atoms with Gasteiger partial charge in [-0.3, -0.25) is 4.57 Å². The molecular formula is C9H11BrN4O. The van der Waals surface area contributed by atoms with E-state index in [4.69, 9.17) is 10.5 Å². The Hall–Kier alpha value is -1.14. The summed E-state index contributed by atoms with van der Waals surface area (Å²) in [5, 5.41) is 0. The van der Waals surface area contributed by atoms with Gasteiger partial charge in [-0.05, 0) is 22.0 Å². The SMILES string of the molecule is COCCn1c(N)nc2cc(Br)cnc21. The van der Waals surface area contributed by atoms with Crippen molar-refractivity contribution in [3.8, 4) is 0 Å². The van der Waals surface area contributed by atoms with Crippen LogP contribution < -0.4 is 5.73 Å². The maximum atomic E-state index is 5.79. The summed E-state index contributed by atoms with van der Waals surface area (Å²) >= 11 is 3.34. The highest BCUT2D eigenvalue weighted by Crippen LogP contribution is 2.19. The second-order valence-corrected chi connectivity index (χ2v) is 4.03. The first-order chi connectivity index (χ1) is 7.22. The molecule has 80 valence electrons. The Bertz CT molecular complexity index is 482. The number of methoxy groups -OCH3 is 1. The molecule has 0 atom stereocenters. The molecule has 2 N–H and O–H groups in total. The van der Waals surface area contributed by atoms with E-state index in [-0.39, 0.29) is 0 Å². The average molecular weight is 271 g/mol. The summed E-state index contributed by atoms with van der Waals surface area (Å²) in [4.78, 5) is 8.49. The molecule has 6 heteroatoms. The van der Waals surface area contributed by atoms with E-state index in [1.54, 1.807) is 13.3 Å². The van der Waals surface area contributed by atoms with Gasteiger partial charge in [-0.2, -0.15) is 0 Å². The lowest BCUT2D eigenvalue weighted by molar-refractivity contribution is 0.188. The number of aromatic nitrogens is 3. The smallest absolute Gasteiger partial charge is 0.202 e. The Kier molecular flexibility index (Phi) is 2.88. The predicted octanol–water partition coefficient (Wildman–Crippen LogP) is 1.42. The van der Waals surface area contributed by atoms with Gasteiger partial charge < -0.3 is 10.5 Å². The van der Waals surface area contributed by atoms with Crippen LogP contribution >= 0.6 is 15.9 Å². The summed E-state index contributed by atoms with van der Waals surface area (Å²) in [6, 6.07) is 1.89. The molecule has 0 aromatic carbocycles. The highest BCUT2D eigenvalue weighted by molar-refractivity contribution is 9.10. The Labute approximate surface area is 95.4 Å². The highest BCUT2D eigenvalue weighted by Gasteiger charge is 2.08. The van der Waals surface area contributed by atoms with Crippen molar-refractivity contribution in [3.05, 3.63) is 16.7 Å². The third kappa shape index (κ3) is 1.95. The van der Waals surface area contributed by atoms with Crippen LogP contribution in [0.3, 0.4) is 0 Å². The molecular weight excluding hydrogens is 260 g/mol. The Morgan fingerprint density at radius 2 is 2.40 bits per heavy atom. The number of nitrogens with zero attached hydrogens (tertiary/aromatic N) is 3. The molecule has 0 aliphatic carbocycles. The van der Waals surface area contributed by atoms with E-state index in [0.29, 0.717) is 19.1 Å². The first kappa shape index (κ1) is 10.4. The van der Waals surface area contributed by atoms with Crippen LogP contribution in [0.5, 0.6) is 0 Å². The molecule has 0 bridgehead atoms. The fraction of sp³-hybridized carbons (Fsp3) is 0.333.